The van der Waals surface area contributed by atoms with Crippen LogP contribution in [0.5, 0.6) is 0 Å². The van der Waals surface area contributed by atoms with Crippen LogP contribution in [0.3, 0.4) is 0 Å². The first-order valence-electron chi connectivity index (χ1n) is 23.4. The molecule has 0 aliphatic carbocycles. The molecule has 0 radical (unpaired) electrons. The van der Waals surface area contributed by atoms with Crippen molar-refractivity contribution in [3.8, 4) is 0 Å². The largest absolute Gasteiger partial charge is 0.457 e. The summed E-state index contributed by atoms with van der Waals surface area (Å²) in [4.78, 5) is 12.7. The van der Waals surface area contributed by atoms with Crippen molar-refractivity contribution in [2.45, 2.75) is 218 Å². The average Bonchev–Trinajstić information content (AvgIpc) is 3.22. The molecule has 0 amide bonds. The van der Waals surface area contributed by atoms with Gasteiger partial charge in [0.05, 0.1) is 26.2 Å². The maximum absolute atomic E-state index is 12.7. The van der Waals surface area contributed by atoms with Crippen molar-refractivity contribution >= 4 is 5.97 Å². The number of esters is 1. The van der Waals surface area contributed by atoms with Gasteiger partial charge in [-0.1, -0.05) is 197 Å². The average molecular weight is 819 g/mol. The molecule has 1 aliphatic heterocycles. The Morgan fingerprint density at radius 3 is 1.43 bits per heavy atom. The van der Waals surface area contributed by atoms with E-state index in [1.54, 1.807) is 6.08 Å². The molecule has 1 fully saturated rings. The molecule has 0 spiro atoms. The molecule has 1 aliphatic rings. The standard InChI is InChI=1S/C49H86O9/c1-3-5-7-9-11-13-15-17-19-20-21-22-23-25-27-29-31-33-35-37-39-55-41-43(42-56-49-48(54)47(53)46(52)44(40-50)58-49)57-45(51)38-36-34-32-30-28-26-24-18-16-14-12-10-8-6-4-2/h6,8,12,14,18,24,28,30,34,36,43-44,46-50,52-54H,3-5,7,9-11,13,15-17,19-23,25-27,29,31-33,35,37-42H2,1-2H3/b8-6-,14-12-,24-18-,30-28-,36-34-. The fraction of sp³-hybridized carbons (Fsp3) is 0.776. The van der Waals surface area contributed by atoms with Gasteiger partial charge >= 0.3 is 5.97 Å². The summed E-state index contributed by atoms with van der Waals surface area (Å²) in [5.41, 5.74) is 0. The Bertz CT molecular complexity index is 1070. The van der Waals surface area contributed by atoms with Crippen LogP contribution in [0, 0.1) is 0 Å². The monoisotopic (exact) mass is 819 g/mol. The first kappa shape index (κ1) is 53.9. The summed E-state index contributed by atoms with van der Waals surface area (Å²) >= 11 is 0. The summed E-state index contributed by atoms with van der Waals surface area (Å²) in [6.07, 6.45) is 44.2. The zero-order valence-corrected chi connectivity index (χ0v) is 36.8. The minimum Gasteiger partial charge on any atom is -0.457 e. The lowest BCUT2D eigenvalue weighted by Gasteiger charge is -2.39. The molecule has 0 aromatic heterocycles. The maximum Gasteiger partial charge on any atom is 0.310 e. The van der Waals surface area contributed by atoms with Gasteiger partial charge in [0.2, 0.25) is 0 Å². The second-order valence-corrected chi connectivity index (χ2v) is 15.8. The first-order chi connectivity index (χ1) is 28.4. The van der Waals surface area contributed by atoms with Crippen molar-refractivity contribution in [2.24, 2.45) is 0 Å². The van der Waals surface area contributed by atoms with E-state index >= 15 is 0 Å². The van der Waals surface area contributed by atoms with E-state index in [0.717, 1.165) is 38.5 Å². The molecule has 0 aromatic carbocycles. The lowest BCUT2D eigenvalue weighted by molar-refractivity contribution is -0.305. The van der Waals surface area contributed by atoms with Crippen LogP contribution in [0.1, 0.15) is 181 Å². The minimum absolute atomic E-state index is 0.0867. The quantitative estimate of drug-likeness (QED) is 0.0272. The second-order valence-electron chi connectivity index (χ2n) is 15.8. The van der Waals surface area contributed by atoms with Crippen LogP contribution < -0.4 is 0 Å². The smallest absolute Gasteiger partial charge is 0.310 e. The van der Waals surface area contributed by atoms with Crippen molar-refractivity contribution in [3.05, 3.63) is 60.8 Å². The molecule has 1 rings (SSSR count). The summed E-state index contributed by atoms with van der Waals surface area (Å²) in [6.45, 7) is 4.34. The Kier molecular flexibility index (Phi) is 37.5. The number of aliphatic hydroxyl groups is 4. The van der Waals surface area contributed by atoms with E-state index in [4.69, 9.17) is 18.9 Å². The number of allylic oxidation sites excluding steroid dienone is 9. The van der Waals surface area contributed by atoms with E-state index in [1.165, 1.54) is 116 Å². The Morgan fingerprint density at radius 2 is 0.983 bits per heavy atom. The van der Waals surface area contributed by atoms with Crippen LogP contribution in [-0.2, 0) is 23.7 Å². The van der Waals surface area contributed by atoms with Gasteiger partial charge in [-0.2, -0.15) is 0 Å². The molecular formula is C49H86O9. The number of carbonyl (C=O) groups excluding carboxylic acids is 1. The van der Waals surface area contributed by atoms with Gasteiger partial charge in [0.1, 0.15) is 30.5 Å². The van der Waals surface area contributed by atoms with Crippen molar-refractivity contribution in [3.63, 3.8) is 0 Å². The molecule has 9 heteroatoms. The van der Waals surface area contributed by atoms with E-state index in [9.17, 15) is 25.2 Å². The van der Waals surface area contributed by atoms with Gasteiger partial charge < -0.3 is 39.4 Å². The zero-order chi connectivity index (χ0) is 42.2. The zero-order valence-electron chi connectivity index (χ0n) is 36.8. The minimum atomic E-state index is -1.55. The third-order valence-electron chi connectivity index (χ3n) is 10.5. The highest BCUT2D eigenvalue weighted by atomic mass is 16.7. The Balaban J connectivity index is 2.28. The molecule has 1 saturated heterocycles. The molecule has 336 valence electrons. The topological polar surface area (TPSA) is 135 Å². The number of aliphatic hydroxyl groups excluding tert-OH is 4. The number of unbranched alkanes of at least 4 members (excludes halogenated alkanes) is 19. The van der Waals surface area contributed by atoms with Gasteiger partial charge in [0.15, 0.2) is 6.29 Å². The fourth-order valence-electron chi connectivity index (χ4n) is 6.86. The highest BCUT2D eigenvalue weighted by molar-refractivity contribution is 5.71. The van der Waals surface area contributed by atoms with Crippen LogP contribution in [0.2, 0.25) is 0 Å². The van der Waals surface area contributed by atoms with Crippen LogP contribution in [0.25, 0.3) is 0 Å². The summed E-state index contributed by atoms with van der Waals surface area (Å²) < 4.78 is 22.7. The van der Waals surface area contributed by atoms with E-state index < -0.39 is 49.4 Å². The first-order valence-corrected chi connectivity index (χ1v) is 23.4. The second kappa shape index (κ2) is 40.3. The normalized spacial score (nSPS) is 20.8. The molecule has 9 nitrogen and oxygen atoms in total. The van der Waals surface area contributed by atoms with E-state index in [1.807, 2.05) is 6.08 Å². The molecule has 1 heterocycles. The number of hydrogen-bond acceptors (Lipinski definition) is 9. The van der Waals surface area contributed by atoms with Gasteiger partial charge in [-0.15, -0.1) is 0 Å². The van der Waals surface area contributed by atoms with Crippen molar-refractivity contribution in [1.29, 1.82) is 0 Å². The molecular weight excluding hydrogens is 733 g/mol. The lowest BCUT2D eigenvalue weighted by atomic mass is 9.99. The third-order valence-corrected chi connectivity index (χ3v) is 10.5. The fourth-order valence-corrected chi connectivity index (χ4v) is 6.86. The highest BCUT2D eigenvalue weighted by Crippen LogP contribution is 2.22. The van der Waals surface area contributed by atoms with E-state index in [2.05, 4.69) is 62.5 Å². The molecule has 4 N–H and O–H groups in total. The third kappa shape index (κ3) is 30.9. The molecule has 6 atom stereocenters. The Labute approximate surface area is 354 Å². The summed E-state index contributed by atoms with van der Waals surface area (Å²) in [6, 6.07) is 0. The predicted octanol–water partition coefficient (Wildman–Crippen LogP) is 10.7. The summed E-state index contributed by atoms with van der Waals surface area (Å²) in [5, 5.41) is 40.1. The van der Waals surface area contributed by atoms with Crippen LogP contribution >= 0.6 is 0 Å². The highest BCUT2D eigenvalue weighted by Gasteiger charge is 2.44. The van der Waals surface area contributed by atoms with Gasteiger partial charge in [-0.3, -0.25) is 4.79 Å². The SMILES string of the molecule is CC/C=C\C/C=C\C/C=C\C/C=C\C/C=C\CC(=O)OC(COCCCCCCCCCCCCCCCCCCCCCC)COC1OC(CO)C(O)C(O)C1O. The molecule has 0 saturated carbocycles. The summed E-state index contributed by atoms with van der Waals surface area (Å²) in [7, 11) is 0. The van der Waals surface area contributed by atoms with Crippen molar-refractivity contribution < 1.29 is 44.2 Å². The number of hydrogen-bond donors (Lipinski definition) is 4. The van der Waals surface area contributed by atoms with Crippen LogP contribution in [0.4, 0.5) is 0 Å². The Hall–Kier alpha value is -2.11. The van der Waals surface area contributed by atoms with E-state index in [0.29, 0.717) is 13.0 Å². The molecule has 0 bridgehead atoms. The molecule has 6 unspecified atom stereocenters. The molecule has 58 heavy (non-hydrogen) atoms. The van der Waals surface area contributed by atoms with Crippen molar-refractivity contribution in [2.75, 3.05) is 26.4 Å². The molecule has 0 aromatic rings. The van der Waals surface area contributed by atoms with Gasteiger partial charge in [0.25, 0.3) is 0 Å². The number of ether oxygens (including phenoxy) is 4. The van der Waals surface area contributed by atoms with Crippen LogP contribution in [0.15, 0.2) is 60.8 Å². The maximum atomic E-state index is 12.7. The van der Waals surface area contributed by atoms with Crippen molar-refractivity contribution in [1.82, 2.24) is 0 Å². The van der Waals surface area contributed by atoms with Gasteiger partial charge in [-0.05, 0) is 38.5 Å². The number of rotatable bonds is 39. The summed E-state index contributed by atoms with van der Waals surface area (Å²) in [5.74, 6) is -0.439. The lowest BCUT2D eigenvalue weighted by Crippen LogP contribution is -2.59. The van der Waals surface area contributed by atoms with E-state index in [-0.39, 0.29) is 19.6 Å². The predicted molar refractivity (Wildman–Crippen MR) is 238 cm³/mol. The Morgan fingerprint density at radius 1 is 0.552 bits per heavy atom. The number of carbonyl (C=O) groups is 1. The van der Waals surface area contributed by atoms with Crippen LogP contribution in [-0.4, -0.2) is 89.6 Å². The van der Waals surface area contributed by atoms with Gasteiger partial charge in [0, 0.05) is 6.61 Å². The van der Waals surface area contributed by atoms with Gasteiger partial charge in [-0.25, -0.2) is 0 Å².